The lowest BCUT2D eigenvalue weighted by Gasteiger charge is -2.27. The highest BCUT2D eigenvalue weighted by Crippen LogP contribution is 2.28. The van der Waals surface area contributed by atoms with E-state index in [0.717, 1.165) is 0 Å². The number of halogens is 2. The molecule has 0 unspecified atom stereocenters. The van der Waals surface area contributed by atoms with Gasteiger partial charge in [-0.2, -0.15) is 0 Å². The van der Waals surface area contributed by atoms with Gasteiger partial charge in [-0.1, -0.05) is 11.6 Å². The van der Waals surface area contributed by atoms with E-state index in [1.807, 2.05) is 4.31 Å². The van der Waals surface area contributed by atoms with E-state index in [1.54, 1.807) is 31.3 Å². The van der Waals surface area contributed by atoms with E-state index in [0.29, 0.717) is 41.2 Å². The SMILES string of the molecule is CNc1cc(NC(=O)c2ccc(N3CCOCS3)cc2F)ccc1Cl. The molecule has 8 heteroatoms. The minimum absolute atomic E-state index is 0.0111. The number of hydrogen-bond donors (Lipinski definition) is 2. The molecule has 0 bridgehead atoms. The third-order valence-electron chi connectivity index (χ3n) is 3.71. The standard InChI is InChI=1S/C17H17ClFN3O2S/c1-20-16-8-11(2-5-14(16)18)21-17(23)13-4-3-12(9-15(13)19)22-6-7-24-10-25-22/h2-5,8-9,20H,6-7,10H2,1H3,(H,21,23). The zero-order valence-corrected chi connectivity index (χ0v) is 15.1. The normalized spacial score (nSPS) is 14.3. The molecule has 2 aromatic rings. The van der Waals surface area contributed by atoms with Gasteiger partial charge < -0.3 is 19.7 Å². The van der Waals surface area contributed by atoms with Crippen molar-refractivity contribution in [3.8, 4) is 0 Å². The highest BCUT2D eigenvalue weighted by Gasteiger charge is 2.17. The molecular formula is C17H17ClFN3O2S. The molecular weight excluding hydrogens is 365 g/mol. The summed E-state index contributed by atoms with van der Waals surface area (Å²) in [6.07, 6.45) is 0. The van der Waals surface area contributed by atoms with E-state index in [9.17, 15) is 9.18 Å². The quantitative estimate of drug-likeness (QED) is 0.777. The number of benzene rings is 2. The Labute approximate surface area is 154 Å². The van der Waals surface area contributed by atoms with Gasteiger partial charge >= 0.3 is 0 Å². The highest BCUT2D eigenvalue weighted by molar-refractivity contribution is 8.00. The van der Waals surface area contributed by atoms with Crippen molar-refractivity contribution in [3.63, 3.8) is 0 Å². The van der Waals surface area contributed by atoms with Gasteiger partial charge in [0.1, 0.15) is 11.8 Å². The highest BCUT2D eigenvalue weighted by atomic mass is 35.5. The Morgan fingerprint density at radius 2 is 2.16 bits per heavy atom. The van der Waals surface area contributed by atoms with Gasteiger partial charge in [0.15, 0.2) is 0 Å². The minimum Gasteiger partial charge on any atom is -0.387 e. The first-order valence-corrected chi connectivity index (χ1v) is 8.97. The third-order valence-corrected chi connectivity index (χ3v) is 5.02. The minimum atomic E-state index is -0.565. The van der Waals surface area contributed by atoms with Gasteiger partial charge in [-0.3, -0.25) is 4.79 Å². The Morgan fingerprint density at radius 1 is 1.32 bits per heavy atom. The molecule has 0 saturated carbocycles. The van der Waals surface area contributed by atoms with Gasteiger partial charge in [-0.25, -0.2) is 4.39 Å². The number of carbonyl (C=O) groups is 1. The first-order valence-electron chi connectivity index (χ1n) is 7.65. The lowest BCUT2D eigenvalue weighted by Crippen LogP contribution is -2.26. The number of ether oxygens (including phenoxy) is 1. The number of hydrogen-bond acceptors (Lipinski definition) is 5. The number of nitrogens with one attached hydrogen (secondary N) is 2. The zero-order chi connectivity index (χ0) is 17.8. The van der Waals surface area contributed by atoms with Crippen LogP contribution in [0.5, 0.6) is 0 Å². The summed E-state index contributed by atoms with van der Waals surface area (Å²) in [7, 11) is 1.73. The number of carbonyl (C=O) groups excluding carboxylic acids is 1. The molecule has 1 saturated heterocycles. The van der Waals surface area contributed by atoms with Crippen LogP contribution in [0.2, 0.25) is 5.02 Å². The second-order valence-corrected chi connectivity index (χ2v) is 6.66. The molecule has 0 atom stereocenters. The molecule has 3 rings (SSSR count). The zero-order valence-electron chi connectivity index (χ0n) is 13.5. The first-order chi connectivity index (χ1) is 12.1. The van der Waals surface area contributed by atoms with Gasteiger partial charge in [-0.05, 0) is 48.3 Å². The van der Waals surface area contributed by atoms with Crippen LogP contribution in [0.1, 0.15) is 10.4 Å². The Kier molecular flexibility index (Phi) is 5.67. The largest absolute Gasteiger partial charge is 0.387 e. The Balaban J connectivity index is 1.75. The molecule has 0 aliphatic carbocycles. The Bertz CT molecular complexity index is 784. The van der Waals surface area contributed by atoms with Crippen molar-refractivity contribution in [2.45, 2.75) is 0 Å². The monoisotopic (exact) mass is 381 g/mol. The van der Waals surface area contributed by atoms with E-state index >= 15 is 0 Å². The van der Waals surface area contributed by atoms with Gasteiger partial charge in [0.05, 0.1) is 35.1 Å². The summed E-state index contributed by atoms with van der Waals surface area (Å²) in [5, 5.41) is 6.15. The summed E-state index contributed by atoms with van der Waals surface area (Å²) in [5.41, 5.74) is 1.92. The van der Waals surface area contributed by atoms with E-state index in [2.05, 4.69) is 10.6 Å². The van der Waals surface area contributed by atoms with Crippen LogP contribution in [0.25, 0.3) is 0 Å². The maximum atomic E-state index is 14.4. The van der Waals surface area contributed by atoms with E-state index in [-0.39, 0.29) is 5.56 Å². The molecule has 1 amide bonds. The van der Waals surface area contributed by atoms with Crippen molar-refractivity contribution in [2.75, 3.05) is 41.1 Å². The molecule has 0 spiro atoms. The predicted octanol–water partition coefficient (Wildman–Crippen LogP) is 4.22. The van der Waals surface area contributed by atoms with Crippen LogP contribution >= 0.6 is 23.5 Å². The Hall–Kier alpha value is -1.96. The van der Waals surface area contributed by atoms with Crippen LogP contribution in [0.4, 0.5) is 21.5 Å². The maximum Gasteiger partial charge on any atom is 0.258 e. The predicted molar refractivity (Wildman–Crippen MR) is 101 cm³/mol. The maximum absolute atomic E-state index is 14.4. The van der Waals surface area contributed by atoms with Gasteiger partial charge in [0, 0.05) is 12.7 Å². The molecule has 1 aliphatic rings. The summed E-state index contributed by atoms with van der Waals surface area (Å²) >= 11 is 7.49. The van der Waals surface area contributed by atoms with Gasteiger partial charge in [-0.15, -0.1) is 0 Å². The van der Waals surface area contributed by atoms with Crippen LogP contribution in [-0.4, -0.2) is 32.0 Å². The first kappa shape index (κ1) is 17.8. The number of nitrogens with zero attached hydrogens (tertiary/aromatic N) is 1. The van der Waals surface area contributed by atoms with Crippen molar-refractivity contribution in [3.05, 3.63) is 52.8 Å². The lowest BCUT2D eigenvalue weighted by molar-refractivity contribution is 0.102. The summed E-state index contributed by atoms with van der Waals surface area (Å²) in [6.45, 7) is 1.27. The van der Waals surface area contributed by atoms with Crippen molar-refractivity contribution in [1.82, 2.24) is 0 Å². The molecule has 2 aromatic carbocycles. The fraction of sp³-hybridized carbons (Fsp3) is 0.235. The fourth-order valence-corrected chi connectivity index (χ4v) is 3.41. The molecule has 1 aliphatic heterocycles. The molecule has 132 valence electrons. The number of anilines is 3. The lowest BCUT2D eigenvalue weighted by atomic mass is 10.1. The van der Waals surface area contributed by atoms with Crippen LogP contribution < -0.4 is 14.9 Å². The average Bonchev–Trinajstić information content (AvgIpc) is 2.63. The van der Waals surface area contributed by atoms with Crippen LogP contribution in [0, 0.1) is 5.82 Å². The van der Waals surface area contributed by atoms with Gasteiger partial charge in [0.2, 0.25) is 0 Å². The molecule has 1 fully saturated rings. The van der Waals surface area contributed by atoms with Crippen molar-refractivity contribution >= 4 is 46.5 Å². The molecule has 2 N–H and O–H groups in total. The summed E-state index contributed by atoms with van der Waals surface area (Å²) in [6, 6.07) is 9.61. The molecule has 0 radical (unpaired) electrons. The molecule has 0 aromatic heterocycles. The molecule has 5 nitrogen and oxygen atoms in total. The molecule has 1 heterocycles. The molecule has 25 heavy (non-hydrogen) atoms. The van der Waals surface area contributed by atoms with Crippen molar-refractivity contribution < 1.29 is 13.9 Å². The van der Waals surface area contributed by atoms with Crippen molar-refractivity contribution in [2.24, 2.45) is 0 Å². The topological polar surface area (TPSA) is 53.6 Å². The summed E-state index contributed by atoms with van der Waals surface area (Å²) in [4.78, 5) is 12.4. The summed E-state index contributed by atoms with van der Waals surface area (Å²) < 4.78 is 21.6. The van der Waals surface area contributed by atoms with E-state index in [1.165, 1.54) is 24.1 Å². The van der Waals surface area contributed by atoms with E-state index < -0.39 is 11.7 Å². The van der Waals surface area contributed by atoms with Crippen LogP contribution in [0.15, 0.2) is 36.4 Å². The van der Waals surface area contributed by atoms with Crippen LogP contribution in [-0.2, 0) is 4.74 Å². The van der Waals surface area contributed by atoms with E-state index in [4.69, 9.17) is 16.3 Å². The smallest absolute Gasteiger partial charge is 0.258 e. The van der Waals surface area contributed by atoms with Gasteiger partial charge in [0.25, 0.3) is 5.91 Å². The van der Waals surface area contributed by atoms with Crippen LogP contribution in [0.3, 0.4) is 0 Å². The van der Waals surface area contributed by atoms with Crippen molar-refractivity contribution in [1.29, 1.82) is 0 Å². The number of amides is 1. The average molecular weight is 382 g/mol. The Morgan fingerprint density at radius 3 is 2.84 bits per heavy atom. The second kappa shape index (κ2) is 7.95. The number of rotatable bonds is 4. The second-order valence-electron chi connectivity index (χ2n) is 5.32. The summed E-state index contributed by atoms with van der Waals surface area (Å²) in [5.74, 6) is -0.540. The third kappa shape index (κ3) is 4.18. The fourth-order valence-electron chi connectivity index (χ4n) is 2.41.